The van der Waals surface area contributed by atoms with Crippen molar-refractivity contribution in [3.8, 4) is 0 Å². The van der Waals surface area contributed by atoms with Gasteiger partial charge in [0.2, 0.25) is 0 Å². The Bertz CT molecular complexity index is 1020. The number of hydrogen-bond donors (Lipinski definition) is 0. The molecular formula is C22H27N5O2S. The number of aromatic nitrogens is 3. The van der Waals surface area contributed by atoms with Crippen molar-refractivity contribution in [2.75, 3.05) is 26.7 Å². The van der Waals surface area contributed by atoms with Crippen LogP contribution in [0.5, 0.6) is 0 Å². The number of likely N-dealkylation sites (tertiary alicyclic amines) is 1. The molecule has 8 heteroatoms. The largest absolute Gasteiger partial charge is 0.340 e. The standard InChI is InChI=1S/C22H27N5O2S/c1-3-4-10-25(2)22(29)19-20-23-9-5-18(27(20)15-24-19)16-6-11-26(12-7-16)21(28)17-8-13-30-14-17/h5,8-9,13-16H,3-4,6-7,10-12H2,1-2H3. The highest BCUT2D eigenvalue weighted by Gasteiger charge is 2.27. The van der Waals surface area contributed by atoms with Gasteiger partial charge in [0, 0.05) is 49.9 Å². The molecule has 0 spiro atoms. The summed E-state index contributed by atoms with van der Waals surface area (Å²) in [6, 6.07) is 3.89. The molecule has 3 aromatic heterocycles. The summed E-state index contributed by atoms with van der Waals surface area (Å²) in [6.07, 6.45) is 7.24. The second kappa shape index (κ2) is 8.95. The average molecular weight is 426 g/mol. The molecule has 1 saturated heterocycles. The number of unbranched alkanes of at least 4 members (excludes halogenated alkanes) is 1. The molecule has 1 aliphatic rings. The lowest BCUT2D eigenvalue weighted by molar-refractivity contribution is 0.0711. The minimum Gasteiger partial charge on any atom is -0.340 e. The van der Waals surface area contributed by atoms with E-state index in [1.165, 1.54) is 0 Å². The molecular weight excluding hydrogens is 398 g/mol. The maximum absolute atomic E-state index is 12.8. The third-order valence-corrected chi connectivity index (χ3v) is 6.51. The highest BCUT2D eigenvalue weighted by Crippen LogP contribution is 2.29. The maximum atomic E-state index is 12.8. The quantitative estimate of drug-likeness (QED) is 0.604. The molecule has 0 aliphatic carbocycles. The number of piperidine rings is 1. The molecule has 0 saturated carbocycles. The molecule has 4 rings (SSSR count). The summed E-state index contributed by atoms with van der Waals surface area (Å²) in [5.41, 5.74) is 2.89. The number of amides is 2. The summed E-state index contributed by atoms with van der Waals surface area (Å²) < 4.78 is 1.95. The van der Waals surface area contributed by atoms with Crippen LogP contribution in [0.3, 0.4) is 0 Å². The fourth-order valence-electron chi connectivity index (χ4n) is 4.03. The number of hydrogen-bond acceptors (Lipinski definition) is 5. The van der Waals surface area contributed by atoms with Crippen molar-refractivity contribution < 1.29 is 9.59 Å². The number of imidazole rings is 1. The highest BCUT2D eigenvalue weighted by atomic mass is 32.1. The minimum absolute atomic E-state index is 0.0909. The van der Waals surface area contributed by atoms with Crippen LogP contribution >= 0.6 is 11.3 Å². The lowest BCUT2D eigenvalue weighted by Gasteiger charge is -2.32. The smallest absolute Gasteiger partial charge is 0.276 e. The van der Waals surface area contributed by atoms with Gasteiger partial charge in [0.15, 0.2) is 11.3 Å². The molecule has 0 aromatic carbocycles. The third-order valence-electron chi connectivity index (χ3n) is 5.83. The van der Waals surface area contributed by atoms with Crippen molar-refractivity contribution >= 4 is 28.8 Å². The van der Waals surface area contributed by atoms with Gasteiger partial charge in [-0.05, 0) is 36.8 Å². The van der Waals surface area contributed by atoms with E-state index in [0.29, 0.717) is 23.8 Å². The molecule has 0 N–H and O–H groups in total. The van der Waals surface area contributed by atoms with Crippen LogP contribution in [0, 0.1) is 0 Å². The molecule has 30 heavy (non-hydrogen) atoms. The summed E-state index contributed by atoms with van der Waals surface area (Å²) in [6.45, 7) is 4.27. The van der Waals surface area contributed by atoms with Gasteiger partial charge >= 0.3 is 0 Å². The summed E-state index contributed by atoms with van der Waals surface area (Å²) in [5, 5.41) is 3.84. The Morgan fingerprint density at radius 2 is 2.03 bits per heavy atom. The van der Waals surface area contributed by atoms with Gasteiger partial charge in [-0.2, -0.15) is 11.3 Å². The zero-order valence-corrected chi connectivity index (χ0v) is 18.3. The predicted octanol–water partition coefficient (Wildman–Crippen LogP) is 3.68. The van der Waals surface area contributed by atoms with Crippen molar-refractivity contribution in [1.29, 1.82) is 0 Å². The Labute approximate surface area is 180 Å². The third kappa shape index (κ3) is 3.96. The molecule has 0 radical (unpaired) electrons. The Kier molecular flexibility index (Phi) is 6.13. The first kappa shape index (κ1) is 20.5. The number of fused-ring (bicyclic) bond motifs is 1. The normalized spacial score (nSPS) is 14.9. The van der Waals surface area contributed by atoms with E-state index in [2.05, 4.69) is 16.9 Å². The van der Waals surface area contributed by atoms with Gasteiger partial charge in [-0.25, -0.2) is 9.97 Å². The first-order valence-electron chi connectivity index (χ1n) is 10.5. The van der Waals surface area contributed by atoms with Gasteiger partial charge in [-0.15, -0.1) is 0 Å². The van der Waals surface area contributed by atoms with Gasteiger partial charge < -0.3 is 9.80 Å². The van der Waals surface area contributed by atoms with Crippen LogP contribution in [-0.2, 0) is 0 Å². The lowest BCUT2D eigenvalue weighted by atomic mass is 9.93. The van der Waals surface area contributed by atoms with Crippen LogP contribution in [0.15, 0.2) is 35.4 Å². The van der Waals surface area contributed by atoms with Crippen LogP contribution in [0.25, 0.3) is 5.65 Å². The maximum Gasteiger partial charge on any atom is 0.276 e. The zero-order chi connectivity index (χ0) is 21.1. The Balaban J connectivity index is 1.50. The van der Waals surface area contributed by atoms with Gasteiger partial charge in [0.25, 0.3) is 11.8 Å². The molecule has 3 aromatic rings. The van der Waals surface area contributed by atoms with Gasteiger partial charge in [-0.1, -0.05) is 13.3 Å². The molecule has 4 heterocycles. The van der Waals surface area contributed by atoms with Crippen LogP contribution in [0.1, 0.15) is 65.1 Å². The van der Waals surface area contributed by atoms with Crippen molar-refractivity contribution in [1.82, 2.24) is 24.2 Å². The number of carbonyl (C=O) groups is 2. The van der Waals surface area contributed by atoms with E-state index in [-0.39, 0.29) is 11.8 Å². The van der Waals surface area contributed by atoms with Gasteiger partial charge in [-0.3, -0.25) is 14.0 Å². The second-order valence-electron chi connectivity index (χ2n) is 7.82. The molecule has 0 bridgehead atoms. The van der Waals surface area contributed by atoms with Crippen molar-refractivity contribution in [2.24, 2.45) is 0 Å². The molecule has 0 atom stereocenters. The van der Waals surface area contributed by atoms with Gasteiger partial charge in [0.1, 0.15) is 6.33 Å². The fourth-order valence-corrected chi connectivity index (χ4v) is 4.66. The zero-order valence-electron chi connectivity index (χ0n) is 17.5. The number of carbonyl (C=O) groups excluding carboxylic acids is 2. The molecule has 2 amide bonds. The van der Waals surface area contributed by atoms with E-state index in [1.54, 1.807) is 28.8 Å². The van der Waals surface area contributed by atoms with Crippen molar-refractivity contribution in [3.63, 3.8) is 0 Å². The molecule has 158 valence electrons. The number of rotatable bonds is 6. The molecule has 0 unspecified atom stereocenters. The van der Waals surface area contributed by atoms with E-state index in [1.807, 2.05) is 39.2 Å². The van der Waals surface area contributed by atoms with E-state index in [0.717, 1.165) is 50.0 Å². The van der Waals surface area contributed by atoms with Crippen LogP contribution in [0.4, 0.5) is 0 Å². The summed E-state index contributed by atoms with van der Waals surface area (Å²) in [5.74, 6) is 0.323. The van der Waals surface area contributed by atoms with Crippen molar-refractivity contribution in [2.45, 2.75) is 38.5 Å². The predicted molar refractivity (Wildman–Crippen MR) is 117 cm³/mol. The van der Waals surface area contributed by atoms with Crippen LogP contribution in [-0.4, -0.2) is 62.7 Å². The summed E-state index contributed by atoms with van der Waals surface area (Å²) >= 11 is 1.55. The monoisotopic (exact) mass is 425 g/mol. The van der Waals surface area contributed by atoms with Crippen LogP contribution < -0.4 is 0 Å². The number of nitrogens with zero attached hydrogens (tertiary/aromatic N) is 5. The lowest BCUT2D eigenvalue weighted by Crippen LogP contribution is -2.38. The van der Waals surface area contributed by atoms with Gasteiger partial charge in [0.05, 0.1) is 5.56 Å². The topological polar surface area (TPSA) is 70.8 Å². The highest BCUT2D eigenvalue weighted by molar-refractivity contribution is 7.08. The van der Waals surface area contributed by atoms with Crippen molar-refractivity contribution in [3.05, 3.63) is 52.4 Å². The second-order valence-corrected chi connectivity index (χ2v) is 8.60. The van der Waals surface area contributed by atoms with E-state index < -0.39 is 0 Å². The minimum atomic E-state index is -0.0909. The van der Waals surface area contributed by atoms with E-state index in [9.17, 15) is 9.59 Å². The molecule has 7 nitrogen and oxygen atoms in total. The summed E-state index contributed by atoms with van der Waals surface area (Å²) in [4.78, 5) is 37.9. The first-order valence-corrected chi connectivity index (χ1v) is 11.4. The average Bonchev–Trinajstić information content (AvgIpc) is 3.46. The summed E-state index contributed by atoms with van der Waals surface area (Å²) in [7, 11) is 1.81. The Morgan fingerprint density at radius 3 is 2.73 bits per heavy atom. The molecule has 1 aliphatic heterocycles. The van der Waals surface area contributed by atoms with Crippen LogP contribution in [0.2, 0.25) is 0 Å². The first-order chi connectivity index (χ1) is 14.6. The van der Waals surface area contributed by atoms with E-state index in [4.69, 9.17) is 0 Å². The number of thiophene rings is 1. The van der Waals surface area contributed by atoms with E-state index >= 15 is 0 Å². The Morgan fingerprint density at radius 1 is 1.23 bits per heavy atom. The Hall–Kier alpha value is -2.74. The SMILES string of the molecule is CCCCN(C)C(=O)c1ncn2c(C3CCN(C(=O)c4ccsc4)CC3)ccnc12. The molecule has 1 fully saturated rings. The fraction of sp³-hybridized carbons (Fsp3) is 0.455.